The summed E-state index contributed by atoms with van der Waals surface area (Å²) >= 11 is 0. The van der Waals surface area contributed by atoms with Gasteiger partial charge in [0.05, 0.1) is 5.92 Å². The maximum atomic E-state index is 12.9. The lowest BCUT2D eigenvalue weighted by Crippen LogP contribution is -2.49. The zero-order valence-electron chi connectivity index (χ0n) is 15.0. The monoisotopic (exact) mass is 385 g/mol. The lowest BCUT2D eigenvalue weighted by Gasteiger charge is -2.34. The largest absolute Gasteiger partial charge is 0.433 e. The Balaban J connectivity index is 1.55. The third kappa shape index (κ3) is 4.86. The van der Waals surface area contributed by atoms with E-state index in [-0.39, 0.29) is 35.4 Å². The van der Waals surface area contributed by atoms with E-state index < -0.39 is 11.9 Å². The van der Waals surface area contributed by atoms with E-state index in [0.29, 0.717) is 45.3 Å². The molecule has 3 rings (SSSR count). The van der Waals surface area contributed by atoms with Crippen LogP contribution in [0.3, 0.4) is 0 Å². The minimum atomic E-state index is -4.51. The van der Waals surface area contributed by atoms with E-state index in [2.05, 4.69) is 20.6 Å². The molecule has 2 amide bonds. The first-order valence-electron chi connectivity index (χ1n) is 8.97. The highest BCUT2D eigenvalue weighted by atomic mass is 19.4. The second-order valence-electron chi connectivity index (χ2n) is 6.97. The number of aryl methyl sites for hydroxylation is 1. The van der Waals surface area contributed by atoms with Crippen LogP contribution in [0.4, 0.5) is 19.0 Å². The van der Waals surface area contributed by atoms with Crippen molar-refractivity contribution in [1.82, 2.24) is 20.6 Å². The van der Waals surface area contributed by atoms with E-state index in [4.69, 9.17) is 0 Å². The van der Waals surface area contributed by atoms with Gasteiger partial charge in [0.2, 0.25) is 11.8 Å². The van der Waals surface area contributed by atoms with Crippen LogP contribution >= 0.6 is 0 Å². The number of rotatable bonds is 3. The number of carbonyl (C=O) groups excluding carboxylic acids is 2. The fraction of sp³-hybridized carbons (Fsp3) is 0.647. The second kappa shape index (κ2) is 7.69. The molecule has 0 bridgehead atoms. The second-order valence-corrected chi connectivity index (χ2v) is 6.97. The number of carbonyl (C=O) groups is 2. The number of hydrogen-bond donors (Lipinski definition) is 2. The number of hydrogen-bond acceptors (Lipinski definition) is 5. The standard InChI is InChI=1S/C17H22F3N5O2/c1-10-22-13(17(18,19)20)8-14(23-10)25-6-4-12(5-7-25)24-16(27)11-2-3-15(26)21-9-11/h8,11-12H,2-7,9H2,1H3,(H,21,26)(H,24,27)/t11-/m1/s1. The summed E-state index contributed by atoms with van der Waals surface area (Å²) in [7, 11) is 0. The van der Waals surface area contributed by atoms with Crippen molar-refractivity contribution in [2.45, 2.75) is 44.8 Å². The van der Waals surface area contributed by atoms with Crippen LogP contribution in [-0.2, 0) is 15.8 Å². The summed E-state index contributed by atoms with van der Waals surface area (Å²) in [6.45, 7) is 2.79. The van der Waals surface area contributed by atoms with Crippen molar-refractivity contribution in [3.63, 3.8) is 0 Å². The first kappa shape index (κ1) is 19.4. The third-order valence-electron chi connectivity index (χ3n) is 4.92. The lowest BCUT2D eigenvalue weighted by atomic mass is 9.97. The zero-order chi connectivity index (χ0) is 19.6. The number of nitrogens with one attached hydrogen (secondary N) is 2. The number of piperidine rings is 2. The van der Waals surface area contributed by atoms with E-state index in [1.165, 1.54) is 6.92 Å². The number of aromatic nitrogens is 2. The molecule has 0 unspecified atom stereocenters. The van der Waals surface area contributed by atoms with Gasteiger partial charge in [-0.25, -0.2) is 9.97 Å². The smallest absolute Gasteiger partial charge is 0.356 e. The molecule has 1 atom stereocenters. The Morgan fingerprint density at radius 2 is 1.96 bits per heavy atom. The van der Waals surface area contributed by atoms with Crippen molar-refractivity contribution in [1.29, 1.82) is 0 Å². The Morgan fingerprint density at radius 3 is 2.56 bits per heavy atom. The van der Waals surface area contributed by atoms with Crippen LogP contribution in [0.2, 0.25) is 0 Å². The molecule has 3 heterocycles. The summed E-state index contributed by atoms with van der Waals surface area (Å²) in [4.78, 5) is 32.8. The molecule has 10 heteroatoms. The van der Waals surface area contributed by atoms with E-state index in [9.17, 15) is 22.8 Å². The highest BCUT2D eigenvalue weighted by Crippen LogP contribution is 2.30. The zero-order valence-corrected chi connectivity index (χ0v) is 15.0. The molecule has 2 aliphatic rings. The molecular weight excluding hydrogens is 363 g/mol. The number of nitrogens with zero attached hydrogens (tertiary/aromatic N) is 3. The highest BCUT2D eigenvalue weighted by Gasteiger charge is 2.34. The lowest BCUT2D eigenvalue weighted by molar-refractivity contribution is -0.141. The van der Waals surface area contributed by atoms with Gasteiger partial charge >= 0.3 is 6.18 Å². The van der Waals surface area contributed by atoms with Crippen LogP contribution in [0.1, 0.15) is 37.2 Å². The fourth-order valence-electron chi connectivity index (χ4n) is 3.39. The third-order valence-corrected chi connectivity index (χ3v) is 4.92. The Hall–Kier alpha value is -2.39. The predicted octanol–water partition coefficient (Wildman–Crippen LogP) is 1.42. The van der Waals surface area contributed by atoms with Crippen LogP contribution in [-0.4, -0.2) is 47.5 Å². The first-order chi connectivity index (χ1) is 12.7. The molecule has 0 spiro atoms. The van der Waals surface area contributed by atoms with Crippen molar-refractivity contribution in [3.8, 4) is 0 Å². The molecule has 27 heavy (non-hydrogen) atoms. The Labute approximate surface area is 154 Å². The van der Waals surface area contributed by atoms with Crippen molar-refractivity contribution in [2.75, 3.05) is 24.5 Å². The van der Waals surface area contributed by atoms with Crippen LogP contribution in [0.5, 0.6) is 0 Å². The topological polar surface area (TPSA) is 87.2 Å². The molecule has 0 aliphatic carbocycles. The molecular formula is C17H22F3N5O2. The molecule has 2 aliphatic heterocycles. The summed E-state index contributed by atoms with van der Waals surface area (Å²) in [5.74, 6) is 0.000181. The average Bonchev–Trinajstić information content (AvgIpc) is 2.61. The molecule has 0 aromatic carbocycles. The maximum absolute atomic E-state index is 12.9. The van der Waals surface area contributed by atoms with Crippen LogP contribution in [0, 0.1) is 12.8 Å². The molecule has 148 valence electrons. The van der Waals surface area contributed by atoms with Gasteiger partial charge in [0.25, 0.3) is 0 Å². The highest BCUT2D eigenvalue weighted by molar-refractivity contribution is 5.83. The van der Waals surface area contributed by atoms with Crippen molar-refractivity contribution in [3.05, 3.63) is 17.6 Å². The average molecular weight is 385 g/mol. The van der Waals surface area contributed by atoms with E-state index in [1.54, 1.807) is 4.90 Å². The fourth-order valence-corrected chi connectivity index (χ4v) is 3.39. The Bertz CT molecular complexity index is 707. The normalized spacial score (nSPS) is 21.7. The Morgan fingerprint density at radius 1 is 1.26 bits per heavy atom. The minimum Gasteiger partial charge on any atom is -0.356 e. The summed E-state index contributed by atoms with van der Waals surface area (Å²) in [6, 6.07) is 0.938. The quantitative estimate of drug-likeness (QED) is 0.822. The van der Waals surface area contributed by atoms with Crippen LogP contribution < -0.4 is 15.5 Å². The predicted molar refractivity (Wildman–Crippen MR) is 90.9 cm³/mol. The van der Waals surface area contributed by atoms with Gasteiger partial charge in [-0.2, -0.15) is 13.2 Å². The summed E-state index contributed by atoms with van der Waals surface area (Å²) in [5, 5.41) is 5.68. The van der Waals surface area contributed by atoms with E-state index >= 15 is 0 Å². The first-order valence-corrected chi connectivity index (χ1v) is 8.97. The molecule has 2 saturated heterocycles. The van der Waals surface area contributed by atoms with Gasteiger partial charge < -0.3 is 15.5 Å². The molecule has 2 N–H and O–H groups in total. The van der Waals surface area contributed by atoms with Gasteiger partial charge in [-0.1, -0.05) is 0 Å². The Kier molecular flexibility index (Phi) is 5.52. The van der Waals surface area contributed by atoms with Gasteiger partial charge in [0.15, 0.2) is 0 Å². The van der Waals surface area contributed by atoms with Gasteiger partial charge in [0.1, 0.15) is 17.3 Å². The molecule has 1 aromatic heterocycles. The van der Waals surface area contributed by atoms with Crippen molar-refractivity contribution in [2.24, 2.45) is 5.92 Å². The minimum absolute atomic E-state index is 0.0311. The van der Waals surface area contributed by atoms with E-state index in [0.717, 1.165) is 6.07 Å². The molecule has 7 nitrogen and oxygen atoms in total. The van der Waals surface area contributed by atoms with Gasteiger partial charge in [-0.3, -0.25) is 9.59 Å². The summed E-state index contributed by atoms with van der Waals surface area (Å²) < 4.78 is 38.8. The molecule has 2 fully saturated rings. The SMILES string of the molecule is Cc1nc(N2CCC(NC(=O)[C@@H]3CCC(=O)NC3)CC2)cc(C(F)(F)F)n1. The summed E-state index contributed by atoms with van der Waals surface area (Å²) in [5.41, 5.74) is -0.945. The van der Waals surface area contributed by atoms with Gasteiger partial charge in [0, 0.05) is 38.2 Å². The number of alkyl halides is 3. The number of halogens is 3. The van der Waals surface area contributed by atoms with Crippen LogP contribution in [0.25, 0.3) is 0 Å². The number of amides is 2. The number of anilines is 1. The summed E-state index contributed by atoms with van der Waals surface area (Å²) in [6.07, 6.45) is -2.38. The van der Waals surface area contributed by atoms with Crippen molar-refractivity contribution < 1.29 is 22.8 Å². The molecule has 1 aromatic rings. The van der Waals surface area contributed by atoms with E-state index in [1.807, 2.05) is 0 Å². The van der Waals surface area contributed by atoms with Crippen molar-refractivity contribution >= 4 is 17.6 Å². The van der Waals surface area contributed by atoms with Gasteiger partial charge in [-0.05, 0) is 26.2 Å². The van der Waals surface area contributed by atoms with Gasteiger partial charge in [-0.15, -0.1) is 0 Å². The molecule has 0 radical (unpaired) electrons. The molecule has 0 saturated carbocycles. The van der Waals surface area contributed by atoms with Crippen LogP contribution in [0.15, 0.2) is 6.07 Å². The maximum Gasteiger partial charge on any atom is 0.433 e.